The van der Waals surface area contributed by atoms with E-state index in [1.807, 2.05) is 42.5 Å². The fourth-order valence-electron chi connectivity index (χ4n) is 4.46. The summed E-state index contributed by atoms with van der Waals surface area (Å²) in [6.45, 7) is 5.93. The molecule has 1 aliphatic heterocycles. The second kappa shape index (κ2) is 10.2. The van der Waals surface area contributed by atoms with Crippen LogP contribution in [0.3, 0.4) is 0 Å². The Hall–Kier alpha value is -2.53. The van der Waals surface area contributed by atoms with Crippen LogP contribution in [-0.4, -0.2) is 61.4 Å². The molecule has 0 N–H and O–H groups in total. The molecule has 1 aliphatic rings. The van der Waals surface area contributed by atoms with Crippen LogP contribution in [0, 0.1) is 13.8 Å². The molecule has 0 amide bonds. The van der Waals surface area contributed by atoms with E-state index in [0.717, 1.165) is 30.5 Å². The molecule has 188 valence electrons. The molecule has 0 radical (unpaired) electrons. The molecule has 0 aliphatic carbocycles. The lowest BCUT2D eigenvalue weighted by Crippen LogP contribution is -2.50. The zero-order valence-corrected chi connectivity index (χ0v) is 22.0. The van der Waals surface area contributed by atoms with Crippen LogP contribution < -0.4 is 0 Å². The number of sulfonamides is 2. The van der Waals surface area contributed by atoms with Gasteiger partial charge in [0.2, 0.25) is 20.0 Å². The summed E-state index contributed by atoms with van der Waals surface area (Å²) in [5.74, 6) is 0. The lowest BCUT2D eigenvalue weighted by Gasteiger charge is -2.33. The number of hydrogen-bond donors (Lipinski definition) is 0. The first-order valence-electron chi connectivity index (χ1n) is 11.9. The molecule has 10 heteroatoms. The van der Waals surface area contributed by atoms with Crippen molar-refractivity contribution in [2.45, 2.75) is 49.8 Å². The van der Waals surface area contributed by atoms with Crippen molar-refractivity contribution in [1.82, 2.24) is 18.4 Å². The van der Waals surface area contributed by atoms with E-state index in [-0.39, 0.29) is 36.0 Å². The topological polar surface area (TPSA) is 92.6 Å². The fourth-order valence-corrected chi connectivity index (χ4v) is 7.66. The number of piperazine rings is 1. The van der Waals surface area contributed by atoms with E-state index in [0.29, 0.717) is 11.4 Å². The minimum atomic E-state index is -3.83. The first-order valence-corrected chi connectivity index (χ1v) is 14.7. The summed E-state index contributed by atoms with van der Waals surface area (Å²) >= 11 is 0. The Morgan fingerprint density at radius 1 is 0.800 bits per heavy atom. The van der Waals surface area contributed by atoms with Crippen molar-refractivity contribution in [2.75, 3.05) is 26.2 Å². The minimum absolute atomic E-state index is 0.0888. The number of nitrogens with zero attached hydrogens (tertiary/aromatic N) is 4. The molecule has 2 heterocycles. The quantitative estimate of drug-likeness (QED) is 0.457. The number of hydrogen-bond acceptors (Lipinski definition) is 5. The fraction of sp³-hybridized carbons (Fsp3) is 0.400. The standard InChI is InChI=1S/C25H32N4O4S2/c1-4-5-9-22-12-14-24(15-13-22)34(30,31)27-16-18-28(19-17-27)35(32,33)25-20(2)26-29(21(25)3)23-10-7-6-8-11-23/h6-8,10-15H,4-5,9,16-19H2,1-3H3. The van der Waals surface area contributed by atoms with Crippen LogP contribution in [0.25, 0.3) is 5.69 Å². The summed E-state index contributed by atoms with van der Waals surface area (Å²) in [5, 5.41) is 4.47. The number of aryl methyl sites for hydroxylation is 2. The number of para-hydroxylation sites is 1. The highest BCUT2D eigenvalue weighted by Crippen LogP contribution is 2.27. The van der Waals surface area contributed by atoms with Gasteiger partial charge in [-0.05, 0) is 56.5 Å². The van der Waals surface area contributed by atoms with E-state index >= 15 is 0 Å². The van der Waals surface area contributed by atoms with Gasteiger partial charge in [-0.3, -0.25) is 0 Å². The van der Waals surface area contributed by atoms with Crippen molar-refractivity contribution in [3.8, 4) is 5.69 Å². The molecule has 4 rings (SSSR count). The Bertz CT molecular complexity index is 1380. The predicted molar refractivity (Wildman–Crippen MR) is 136 cm³/mol. The molecule has 0 unspecified atom stereocenters. The van der Waals surface area contributed by atoms with Crippen LogP contribution in [-0.2, 0) is 26.5 Å². The SMILES string of the molecule is CCCCc1ccc(S(=O)(=O)N2CCN(S(=O)(=O)c3c(C)nn(-c4ccccc4)c3C)CC2)cc1. The van der Waals surface area contributed by atoms with Crippen molar-refractivity contribution in [3.05, 3.63) is 71.5 Å². The first kappa shape index (κ1) is 25.6. The Kier molecular flexibility index (Phi) is 7.46. The van der Waals surface area contributed by atoms with Crippen LogP contribution in [0.2, 0.25) is 0 Å². The van der Waals surface area contributed by atoms with Crippen LogP contribution in [0.5, 0.6) is 0 Å². The Labute approximate surface area is 208 Å². The summed E-state index contributed by atoms with van der Waals surface area (Å²) in [6, 6.07) is 16.4. The monoisotopic (exact) mass is 516 g/mol. The highest BCUT2D eigenvalue weighted by Gasteiger charge is 2.36. The van der Waals surface area contributed by atoms with Gasteiger partial charge in [-0.25, -0.2) is 21.5 Å². The molecule has 1 aromatic heterocycles. The molecule has 1 fully saturated rings. The second-order valence-corrected chi connectivity index (χ2v) is 12.6. The third-order valence-corrected chi connectivity index (χ3v) is 10.5. The molecule has 1 saturated heterocycles. The molecule has 0 saturated carbocycles. The minimum Gasteiger partial charge on any atom is -0.236 e. The summed E-state index contributed by atoms with van der Waals surface area (Å²) in [4.78, 5) is 0.421. The Morgan fingerprint density at radius 2 is 1.37 bits per heavy atom. The van der Waals surface area contributed by atoms with Crippen LogP contribution >= 0.6 is 0 Å². The Balaban J connectivity index is 1.50. The van der Waals surface area contributed by atoms with E-state index in [2.05, 4.69) is 12.0 Å². The summed E-state index contributed by atoms with van der Waals surface area (Å²) in [7, 11) is -7.52. The molecule has 35 heavy (non-hydrogen) atoms. The maximum Gasteiger partial charge on any atom is 0.246 e. The van der Waals surface area contributed by atoms with Crippen LogP contribution in [0.4, 0.5) is 0 Å². The van der Waals surface area contributed by atoms with Gasteiger partial charge in [0.25, 0.3) is 0 Å². The molecule has 3 aromatic rings. The first-order chi connectivity index (χ1) is 16.7. The lowest BCUT2D eigenvalue weighted by atomic mass is 10.1. The van der Waals surface area contributed by atoms with E-state index in [1.165, 1.54) is 8.61 Å². The van der Waals surface area contributed by atoms with Crippen LogP contribution in [0.15, 0.2) is 64.4 Å². The van der Waals surface area contributed by atoms with Crippen molar-refractivity contribution >= 4 is 20.0 Å². The van der Waals surface area contributed by atoms with Crippen molar-refractivity contribution in [1.29, 1.82) is 0 Å². The van der Waals surface area contributed by atoms with Crippen molar-refractivity contribution < 1.29 is 16.8 Å². The van der Waals surface area contributed by atoms with Gasteiger partial charge in [0.05, 0.1) is 22.0 Å². The third kappa shape index (κ3) is 5.06. The van der Waals surface area contributed by atoms with Crippen molar-refractivity contribution in [2.24, 2.45) is 0 Å². The molecular weight excluding hydrogens is 484 g/mol. The van der Waals surface area contributed by atoms with Gasteiger partial charge >= 0.3 is 0 Å². The average Bonchev–Trinajstić information content (AvgIpc) is 3.18. The average molecular weight is 517 g/mol. The third-order valence-electron chi connectivity index (χ3n) is 6.40. The second-order valence-electron chi connectivity index (χ2n) is 8.80. The largest absolute Gasteiger partial charge is 0.246 e. The summed E-state index contributed by atoms with van der Waals surface area (Å²) < 4.78 is 57.7. The van der Waals surface area contributed by atoms with Gasteiger partial charge in [-0.15, -0.1) is 0 Å². The molecule has 2 aromatic carbocycles. The molecule has 0 spiro atoms. The highest BCUT2D eigenvalue weighted by molar-refractivity contribution is 7.89. The number of benzene rings is 2. The maximum absolute atomic E-state index is 13.5. The van der Waals surface area contributed by atoms with Gasteiger partial charge in [-0.2, -0.15) is 13.7 Å². The van der Waals surface area contributed by atoms with Gasteiger partial charge in [0.1, 0.15) is 4.90 Å². The zero-order chi connectivity index (χ0) is 25.2. The zero-order valence-electron chi connectivity index (χ0n) is 20.4. The van der Waals surface area contributed by atoms with Gasteiger partial charge in [0.15, 0.2) is 0 Å². The van der Waals surface area contributed by atoms with Gasteiger partial charge in [0, 0.05) is 26.2 Å². The molecule has 0 atom stereocenters. The highest BCUT2D eigenvalue weighted by atomic mass is 32.2. The van der Waals surface area contributed by atoms with Crippen LogP contribution in [0.1, 0.15) is 36.7 Å². The Morgan fingerprint density at radius 3 is 1.94 bits per heavy atom. The number of rotatable bonds is 8. The van der Waals surface area contributed by atoms with Gasteiger partial charge in [-0.1, -0.05) is 43.7 Å². The molecular formula is C25H32N4O4S2. The number of unbranched alkanes of at least 4 members (excludes halogenated alkanes) is 1. The van der Waals surface area contributed by atoms with Gasteiger partial charge < -0.3 is 0 Å². The molecule has 8 nitrogen and oxygen atoms in total. The maximum atomic E-state index is 13.5. The number of aromatic nitrogens is 2. The summed E-state index contributed by atoms with van der Waals surface area (Å²) in [5.41, 5.74) is 2.85. The smallest absolute Gasteiger partial charge is 0.236 e. The van der Waals surface area contributed by atoms with Crippen molar-refractivity contribution in [3.63, 3.8) is 0 Å². The summed E-state index contributed by atoms with van der Waals surface area (Å²) in [6.07, 6.45) is 3.07. The van der Waals surface area contributed by atoms with E-state index in [4.69, 9.17) is 0 Å². The normalized spacial score (nSPS) is 16.0. The van der Waals surface area contributed by atoms with E-state index < -0.39 is 20.0 Å². The predicted octanol–water partition coefficient (Wildman–Crippen LogP) is 3.53. The lowest BCUT2D eigenvalue weighted by molar-refractivity contribution is 0.272. The van der Waals surface area contributed by atoms with E-state index in [1.54, 1.807) is 30.7 Å². The molecule has 0 bridgehead atoms. The van der Waals surface area contributed by atoms with E-state index in [9.17, 15) is 16.8 Å².